The zero-order valence-electron chi connectivity index (χ0n) is 14.5. The zero-order chi connectivity index (χ0) is 18.9. The van der Waals surface area contributed by atoms with Crippen molar-refractivity contribution in [3.63, 3.8) is 0 Å². The van der Waals surface area contributed by atoms with Crippen LogP contribution in [-0.4, -0.2) is 26.8 Å². The highest BCUT2D eigenvalue weighted by Crippen LogP contribution is 2.50. The molecule has 0 saturated heterocycles. The lowest BCUT2D eigenvalue weighted by Gasteiger charge is -2.33. The summed E-state index contributed by atoms with van der Waals surface area (Å²) in [7, 11) is 0. The Hall–Kier alpha value is -1.80. The summed E-state index contributed by atoms with van der Waals surface area (Å²) in [5.41, 5.74) is 0.793. The van der Waals surface area contributed by atoms with Crippen molar-refractivity contribution in [1.82, 2.24) is 14.5 Å². The van der Waals surface area contributed by atoms with E-state index in [1.165, 1.54) is 24.1 Å². The maximum Gasteiger partial charge on any atom is 0.416 e. The molecule has 2 aliphatic rings. The minimum absolute atomic E-state index is 0.0428. The molecule has 1 fully saturated rings. The summed E-state index contributed by atoms with van der Waals surface area (Å²) in [5, 5.41) is 6.76. The van der Waals surface area contributed by atoms with Crippen molar-refractivity contribution < 1.29 is 18.0 Å². The smallest absolute Gasteiger partial charge is 0.291 e. The molecule has 26 heavy (non-hydrogen) atoms. The van der Waals surface area contributed by atoms with Crippen LogP contribution < -0.4 is 0 Å². The number of hydrogen-bond donors (Lipinski definition) is 1. The quantitative estimate of drug-likeness (QED) is 0.748. The van der Waals surface area contributed by atoms with E-state index in [0.29, 0.717) is 16.5 Å². The Bertz CT molecular complexity index is 769. The largest absolute Gasteiger partial charge is 0.416 e. The van der Waals surface area contributed by atoms with Gasteiger partial charge in [0.25, 0.3) is 0 Å². The number of nitrogens with zero attached hydrogens (tertiary/aromatic N) is 2. The van der Waals surface area contributed by atoms with Gasteiger partial charge < -0.3 is 0 Å². The number of carbonyl (C=O) groups is 1. The highest BCUT2D eigenvalue weighted by molar-refractivity contribution is 7.97. The standard InChI is InChI=1S/C16H14F3N3OS.C2H6/c17-16(18,19)10-3-5-11(6-4-10)24-22-8-13(23)14-12(7-20-21-14)15(22)9-1-2-9;1-2/h3-7,9,15H,1-2,8H2,(H,20,21);1-2H3. The fraction of sp³-hybridized carbons (Fsp3) is 0.444. The Morgan fingerprint density at radius 2 is 1.85 bits per heavy atom. The number of ketones is 1. The summed E-state index contributed by atoms with van der Waals surface area (Å²) in [6.07, 6.45) is -0.469. The minimum atomic E-state index is -4.34. The zero-order valence-corrected chi connectivity index (χ0v) is 15.3. The van der Waals surface area contributed by atoms with Gasteiger partial charge in [0.2, 0.25) is 0 Å². The number of alkyl halides is 3. The highest BCUT2D eigenvalue weighted by Gasteiger charge is 2.43. The van der Waals surface area contributed by atoms with Crippen LogP contribution in [0.4, 0.5) is 13.2 Å². The van der Waals surface area contributed by atoms with Gasteiger partial charge in [-0.3, -0.25) is 9.89 Å². The number of H-pyrrole nitrogens is 1. The van der Waals surface area contributed by atoms with E-state index >= 15 is 0 Å². The average Bonchev–Trinajstić information content (AvgIpc) is 3.32. The number of halogens is 3. The van der Waals surface area contributed by atoms with Crippen LogP contribution in [0.1, 0.15) is 54.3 Å². The SMILES string of the molecule is CC.O=C1CN(Sc2ccc(C(F)(F)F)cc2)C(C2CC2)c2cn[nH]c21. The third kappa shape index (κ3) is 3.81. The number of fused-ring (bicyclic) bond motifs is 1. The number of rotatable bonds is 3. The molecule has 2 aromatic rings. The molecule has 1 aliphatic heterocycles. The Morgan fingerprint density at radius 1 is 1.19 bits per heavy atom. The molecule has 0 amide bonds. The van der Waals surface area contributed by atoms with Gasteiger partial charge >= 0.3 is 6.18 Å². The molecule has 4 rings (SSSR count). The van der Waals surface area contributed by atoms with Crippen molar-refractivity contribution >= 4 is 17.7 Å². The van der Waals surface area contributed by atoms with Crippen molar-refractivity contribution in [2.45, 2.75) is 43.8 Å². The monoisotopic (exact) mass is 383 g/mol. The van der Waals surface area contributed by atoms with Crippen molar-refractivity contribution in [2.24, 2.45) is 5.92 Å². The van der Waals surface area contributed by atoms with Gasteiger partial charge in [0.05, 0.1) is 24.3 Å². The first-order valence-electron chi connectivity index (χ1n) is 8.62. The van der Waals surface area contributed by atoms with Crippen molar-refractivity contribution in [3.05, 3.63) is 47.3 Å². The molecule has 1 N–H and O–H groups in total. The van der Waals surface area contributed by atoms with Crippen LogP contribution in [-0.2, 0) is 6.18 Å². The Morgan fingerprint density at radius 3 is 2.42 bits per heavy atom. The van der Waals surface area contributed by atoms with Crippen molar-refractivity contribution in [1.29, 1.82) is 0 Å². The first-order valence-corrected chi connectivity index (χ1v) is 9.39. The summed E-state index contributed by atoms with van der Waals surface area (Å²) in [6, 6.07) is 5.12. The third-order valence-corrected chi connectivity index (χ3v) is 5.42. The summed E-state index contributed by atoms with van der Waals surface area (Å²) in [4.78, 5) is 12.9. The molecule has 8 heteroatoms. The van der Waals surface area contributed by atoms with Crippen LogP contribution >= 0.6 is 11.9 Å². The molecule has 0 radical (unpaired) electrons. The van der Waals surface area contributed by atoms with E-state index in [1.807, 2.05) is 18.2 Å². The second kappa shape index (κ2) is 7.44. The number of nitrogens with one attached hydrogen (secondary N) is 1. The van der Waals surface area contributed by atoms with E-state index in [9.17, 15) is 18.0 Å². The van der Waals surface area contributed by atoms with Gasteiger partial charge in [0.1, 0.15) is 5.69 Å². The molecule has 2 heterocycles. The van der Waals surface area contributed by atoms with Gasteiger partial charge in [0.15, 0.2) is 5.78 Å². The summed E-state index contributed by atoms with van der Waals surface area (Å²) >= 11 is 1.33. The second-order valence-electron chi connectivity index (χ2n) is 6.09. The molecule has 4 nitrogen and oxygen atoms in total. The lowest BCUT2D eigenvalue weighted by Crippen LogP contribution is -2.35. The number of aromatic amines is 1. The lowest BCUT2D eigenvalue weighted by molar-refractivity contribution is -0.137. The molecule has 140 valence electrons. The molecule has 1 saturated carbocycles. The molecule has 0 spiro atoms. The van der Waals surface area contributed by atoms with Crippen LogP contribution in [0, 0.1) is 5.92 Å². The molecule has 1 aliphatic carbocycles. The maximum absolute atomic E-state index is 12.7. The van der Waals surface area contributed by atoms with E-state index in [-0.39, 0.29) is 18.4 Å². The fourth-order valence-electron chi connectivity index (χ4n) is 3.05. The van der Waals surface area contributed by atoms with Crippen LogP contribution in [0.15, 0.2) is 35.4 Å². The van der Waals surface area contributed by atoms with Crippen LogP contribution in [0.5, 0.6) is 0 Å². The molecule has 0 bridgehead atoms. The van der Waals surface area contributed by atoms with Gasteiger partial charge in [-0.25, -0.2) is 4.31 Å². The molecule has 1 atom stereocenters. The van der Waals surface area contributed by atoms with Crippen LogP contribution in [0.25, 0.3) is 0 Å². The number of benzene rings is 1. The van der Waals surface area contributed by atoms with E-state index in [0.717, 1.165) is 30.5 Å². The topological polar surface area (TPSA) is 49.0 Å². The Labute approximate surface area is 154 Å². The van der Waals surface area contributed by atoms with E-state index < -0.39 is 11.7 Å². The minimum Gasteiger partial charge on any atom is -0.291 e. The lowest BCUT2D eigenvalue weighted by atomic mass is 9.97. The maximum atomic E-state index is 12.7. The summed E-state index contributed by atoms with van der Waals surface area (Å²) < 4.78 is 40.0. The van der Waals surface area contributed by atoms with Crippen LogP contribution in [0.2, 0.25) is 0 Å². The molecular formula is C18H20F3N3OS. The number of hydrogen-bond acceptors (Lipinski definition) is 4. The first-order chi connectivity index (χ1) is 12.4. The van der Waals surface area contributed by atoms with Gasteiger partial charge in [-0.05, 0) is 55.0 Å². The predicted octanol–water partition coefficient (Wildman–Crippen LogP) is 5.11. The summed E-state index contributed by atoms with van der Waals surface area (Å²) in [5.74, 6) is 0.426. The molecule has 1 aromatic carbocycles. The molecular weight excluding hydrogens is 363 g/mol. The summed E-state index contributed by atoms with van der Waals surface area (Å²) in [6.45, 7) is 4.22. The normalized spacial score (nSPS) is 20.3. The van der Waals surface area contributed by atoms with Crippen molar-refractivity contribution in [3.8, 4) is 0 Å². The number of carbonyl (C=O) groups excluding carboxylic acids is 1. The van der Waals surface area contributed by atoms with E-state index in [1.54, 1.807) is 6.20 Å². The van der Waals surface area contributed by atoms with E-state index in [2.05, 4.69) is 10.2 Å². The van der Waals surface area contributed by atoms with Gasteiger partial charge in [0, 0.05) is 10.5 Å². The van der Waals surface area contributed by atoms with Gasteiger partial charge in [-0.15, -0.1) is 0 Å². The van der Waals surface area contributed by atoms with Crippen molar-refractivity contribution in [2.75, 3.05) is 6.54 Å². The molecule has 1 aromatic heterocycles. The third-order valence-electron chi connectivity index (χ3n) is 4.35. The number of Topliss-reactive ketones (excluding diaryl/α,β-unsaturated/α-hetero) is 1. The molecule has 1 unspecified atom stereocenters. The highest BCUT2D eigenvalue weighted by atomic mass is 32.2. The van der Waals surface area contributed by atoms with Gasteiger partial charge in [-0.1, -0.05) is 13.8 Å². The van der Waals surface area contributed by atoms with Gasteiger partial charge in [-0.2, -0.15) is 18.3 Å². The fourth-order valence-corrected chi connectivity index (χ4v) is 4.16. The predicted molar refractivity (Wildman–Crippen MR) is 93.7 cm³/mol. The van der Waals surface area contributed by atoms with E-state index in [4.69, 9.17) is 0 Å². The average molecular weight is 383 g/mol. The number of aromatic nitrogens is 2. The Balaban J connectivity index is 0.000000948. The first kappa shape index (κ1) is 19.0. The van der Waals surface area contributed by atoms with Crippen LogP contribution in [0.3, 0.4) is 0 Å². The Kier molecular flexibility index (Phi) is 5.43. The second-order valence-corrected chi connectivity index (χ2v) is 7.22.